The van der Waals surface area contributed by atoms with Gasteiger partial charge in [0.1, 0.15) is 0 Å². The fraction of sp³-hybridized carbons (Fsp3) is 0.500. The fourth-order valence-electron chi connectivity index (χ4n) is 0. The monoisotopic (exact) mass is 279 g/mol. The van der Waals surface area contributed by atoms with Crippen LogP contribution in [0, 0.1) is 0 Å². The summed E-state index contributed by atoms with van der Waals surface area (Å²) in [5.74, 6) is 0. The molecule has 0 spiro atoms. The van der Waals surface area contributed by atoms with Crippen molar-refractivity contribution in [3.63, 3.8) is 0 Å². The Morgan fingerprint density at radius 3 is 2.20 bits per heavy atom. The van der Waals surface area contributed by atoms with Crippen LogP contribution in [0.4, 0.5) is 0 Å². The number of carbonyl (C=O) groups excluding carboxylic acids is 1. The molecule has 0 aliphatic carbocycles. The summed E-state index contributed by atoms with van der Waals surface area (Å²) in [7, 11) is 0. The molecule has 0 aromatic carbocycles. The molecule has 0 aliphatic rings. The Hall–Kier alpha value is 0.895. The first kappa shape index (κ1) is 5.90. The predicted octanol–water partition coefficient (Wildman–Crippen LogP) is 0.297. The number of aldehydes is 1. The molecule has 0 saturated carbocycles. The molecule has 1 nitrogen and oxygen atoms in total. The van der Waals surface area contributed by atoms with E-state index in [1.165, 1.54) is 0 Å². The molecule has 0 saturated heterocycles. The average molecular weight is 278 g/mol. The third-order valence-electron chi connectivity index (χ3n) is 0.148. The van der Waals surface area contributed by atoms with Gasteiger partial charge < -0.3 is 0 Å². The first-order chi connectivity index (χ1) is 2.27. The number of carbonyl (C=O) groups is 1. The van der Waals surface area contributed by atoms with Crippen LogP contribution in [0.1, 0.15) is 0 Å². The Morgan fingerprint density at radius 1 is 2.00 bits per heavy atom. The minimum absolute atomic E-state index is 0.130. The van der Waals surface area contributed by atoms with Gasteiger partial charge >= 0.3 is 51.7 Å². The molecule has 1 atom stereocenters. The average Bonchev–Trinajstić information content (AvgIpc) is 1.38. The molecule has 0 fully saturated rings. The molecule has 0 aromatic rings. The van der Waals surface area contributed by atoms with Crippen molar-refractivity contribution < 1.29 is 30.9 Å². The maximum absolute atomic E-state index is 9.42. The summed E-state index contributed by atoms with van der Waals surface area (Å²) < 4.78 is -0.130. The molecular formula is C2H2ClHgO. The SMILES string of the molecule is O=C[CH](Cl)[Hg]. The molecular weight excluding hydrogens is 276 g/mol. The van der Waals surface area contributed by atoms with E-state index in [0.29, 0.717) is 26.1 Å². The van der Waals surface area contributed by atoms with E-state index in [1.54, 1.807) is 0 Å². The molecule has 5 heavy (non-hydrogen) atoms. The summed E-state index contributed by atoms with van der Waals surface area (Å²) in [6.07, 6.45) is 0.769. The Morgan fingerprint density at radius 2 is 2.20 bits per heavy atom. The van der Waals surface area contributed by atoms with Crippen LogP contribution >= 0.6 is 11.6 Å². The van der Waals surface area contributed by atoms with E-state index < -0.39 is 0 Å². The second kappa shape index (κ2) is 3.10. The van der Waals surface area contributed by atoms with Crippen molar-refractivity contribution >= 4 is 17.9 Å². The van der Waals surface area contributed by atoms with Crippen LogP contribution in [-0.2, 0) is 30.9 Å². The van der Waals surface area contributed by atoms with Crippen molar-refractivity contribution in [2.24, 2.45) is 0 Å². The second-order valence-electron chi connectivity index (χ2n) is 0.652. The molecule has 3 heteroatoms. The van der Waals surface area contributed by atoms with Gasteiger partial charge in [-0.15, -0.1) is 0 Å². The van der Waals surface area contributed by atoms with E-state index in [2.05, 4.69) is 0 Å². The summed E-state index contributed by atoms with van der Waals surface area (Å²) >= 11 is 5.61. The number of hydrogen-bond acceptors (Lipinski definition) is 1. The van der Waals surface area contributed by atoms with Crippen LogP contribution in [0.5, 0.6) is 0 Å². The third kappa shape index (κ3) is 4.90. The number of hydrogen-bond donors (Lipinski definition) is 0. The van der Waals surface area contributed by atoms with Crippen molar-refractivity contribution in [2.45, 2.75) is 2.89 Å². The van der Waals surface area contributed by atoms with Gasteiger partial charge in [0, 0.05) is 0 Å². The zero-order valence-electron chi connectivity index (χ0n) is 2.65. The number of rotatable bonds is 1. The zero-order chi connectivity index (χ0) is 4.28. The topological polar surface area (TPSA) is 17.1 Å². The van der Waals surface area contributed by atoms with Crippen molar-refractivity contribution in [2.75, 3.05) is 0 Å². The van der Waals surface area contributed by atoms with Gasteiger partial charge in [-0.1, -0.05) is 0 Å². The van der Waals surface area contributed by atoms with Crippen molar-refractivity contribution in [1.29, 1.82) is 0 Å². The van der Waals surface area contributed by atoms with E-state index in [0.717, 1.165) is 6.29 Å². The molecule has 0 rings (SSSR count). The van der Waals surface area contributed by atoms with E-state index in [4.69, 9.17) is 11.6 Å². The summed E-state index contributed by atoms with van der Waals surface area (Å²) in [6, 6.07) is 0. The van der Waals surface area contributed by atoms with Gasteiger partial charge in [0.05, 0.1) is 0 Å². The van der Waals surface area contributed by atoms with Crippen LogP contribution in [0.3, 0.4) is 0 Å². The summed E-state index contributed by atoms with van der Waals surface area (Å²) in [5, 5.41) is 0. The van der Waals surface area contributed by atoms with E-state index in [9.17, 15) is 4.79 Å². The molecule has 0 heterocycles. The first-order valence-electron chi connectivity index (χ1n) is 1.20. The quantitative estimate of drug-likeness (QED) is 0.383. The molecule has 1 unspecified atom stereocenters. The number of alkyl halides is 1. The van der Waals surface area contributed by atoms with Gasteiger partial charge in [0.25, 0.3) is 0 Å². The molecule has 25 valence electrons. The van der Waals surface area contributed by atoms with Crippen LogP contribution in [0.25, 0.3) is 0 Å². The molecule has 0 aliphatic heterocycles. The summed E-state index contributed by atoms with van der Waals surface area (Å²) in [4.78, 5) is 9.42. The molecule has 0 aromatic heterocycles. The van der Waals surface area contributed by atoms with Crippen LogP contribution in [-0.4, -0.2) is 9.17 Å². The zero-order valence-corrected chi connectivity index (χ0v) is 8.90. The predicted molar refractivity (Wildman–Crippen MR) is 15.7 cm³/mol. The van der Waals surface area contributed by atoms with Gasteiger partial charge in [0.2, 0.25) is 0 Å². The van der Waals surface area contributed by atoms with E-state index in [1.807, 2.05) is 0 Å². The molecule has 0 amide bonds. The number of halogens is 1. The Labute approximate surface area is 51.7 Å². The van der Waals surface area contributed by atoms with Gasteiger partial charge in [0.15, 0.2) is 0 Å². The van der Waals surface area contributed by atoms with Gasteiger partial charge in [-0.2, -0.15) is 0 Å². The van der Waals surface area contributed by atoms with Gasteiger partial charge in [-0.25, -0.2) is 0 Å². The van der Waals surface area contributed by atoms with E-state index in [-0.39, 0.29) is 2.89 Å². The summed E-state index contributed by atoms with van der Waals surface area (Å²) in [6.45, 7) is 0. The van der Waals surface area contributed by atoms with Gasteiger partial charge in [-0.3, -0.25) is 0 Å². The molecule has 0 bridgehead atoms. The Kier molecular flexibility index (Phi) is 3.65. The van der Waals surface area contributed by atoms with Crippen molar-refractivity contribution in [3.8, 4) is 0 Å². The third-order valence-corrected chi connectivity index (χ3v) is 0.999. The van der Waals surface area contributed by atoms with E-state index >= 15 is 0 Å². The maximum atomic E-state index is 9.42. The van der Waals surface area contributed by atoms with Crippen LogP contribution in [0.15, 0.2) is 0 Å². The normalized spacial score (nSPS) is 14.2. The van der Waals surface area contributed by atoms with Crippen molar-refractivity contribution in [3.05, 3.63) is 0 Å². The second-order valence-corrected chi connectivity index (χ2v) is 6.64. The van der Waals surface area contributed by atoms with Gasteiger partial charge in [-0.05, 0) is 0 Å². The molecule has 0 N–H and O–H groups in total. The first-order valence-corrected chi connectivity index (χ1v) is 4.81. The van der Waals surface area contributed by atoms with Crippen LogP contribution in [0.2, 0.25) is 0 Å². The molecule has 0 radical (unpaired) electrons. The summed E-state index contributed by atoms with van der Waals surface area (Å²) in [5.41, 5.74) is 0. The van der Waals surface area contributed by atoms with Crippen molar-refractivity contribution in [1.82, 2.24) is 0 Å². The minimum atomic E-state index is -0.130. The van der Waals surface area contributed by atoms with Crippen LogP contribution < -0.4 is 0 Å². The Bertz CT molecular complexity index is 36.6. The standard InChI is InChI=1S/C2H2ClO.Hg/c3-1-2-4;/h1-2H;. The Balaban J connectivity index is 2.83. The fourth-order valence-corrected chi connectivity index (χ4v) is 0.